The number of hydrogen-bond donors (Lipinski definition) is 2. The largest absolute Gasteiger partial charge is 0.465 e. The molecule has 1 heterocycles. The van der Waals surface area contributed by atoms with E-state index >= 15 is 0 Å². The molecule has 0 saturated carbocycles. The average Bonchev–Trinajstić information content (AvgIpc) is 2.63. The van der Waals surface area contributed by atoms with E-state index in [1.807, 2.05) is 24.3 Å². The van der Waals surface area contributed by atoms with Crippen molar-refractivity contribution in [1.29, 1.82) is 0 Å². The number of esters is 1. The minimum Gasteiger partial charge on any atom is -0.465 e. The van der Waals surface area contributed by atoms with Crippen LogP contribution in [0, 0.1) is 0 Å². The van der Waals surface area contributed by atoms with Gasteiger partial charge >= 0.3 is 5.97 Å². The fraction of sp³-hybridized carbons (Fsp3) is 0.316. The third kappa shape index (κ3) is 3.54. The third-order valence-corrected chi connectivity index (χ3v) is 4.25. The molecule has 4 nitrogen and oxygen atoms in total. The zero-order chi connectivity index (χ0) is 16.1. The summed E-state index contributed by atoms with van der Waals surface area (Å²) in [6.07, 6.45) is 3.61. The van der Waals surface area contributed by atoms with Crippen LogP contribution in [-0.4, -0.2) is 19.6 Å². The molecule has 3 rings (SSSR count). The quantitative estimate of drug-likeness (QED) is 0.837. The molecule has 1 saturated heterocycles. The molecule has 0 spiro atoms. The van der Waals surface area contributed by atoms with Crippen LogP contribution in [0.25, 0.3) is 0 Å². The lowest BCUT2D eigenvalue weighted by Gasteiger charge is -2.26. The number of carbonyl (C=O) groups is 1. The molecule has 2 aromatic rings. The lowest BCUT2D eigenvalue weighted by Crippen LogP contribution is -2.27. The van der Waals surface area contributed by atoms with Crippen LogP contribution in [0.4, 0.5) is 11.4 Å². The van der Waals surface area contributed by atoms with Crippen molar-refractivity contribution in [1.82, 2.24) is 5.32 Å². The fourth-order valence-electron chi connectivity index (χ4n) is 3.06. The van der Waals surface area contributed by atoms with Gasteiger partial charge in [-0.1, -0.05) is 36.8 Å². The number of carbonyl (C=O) groups excluding carboxylic acids is 1. The molecule has 2 N–H and O–H groups in total. The molecule has 23 heavy (non-hydrogen) atoms. The summed E-state index contributed by atoms with van der Waals surface area (Å²) in [5, 5.41) is 6.99. The maximum Gasteiger partial charge on any atom is 0.339 e. The highest BCUT2D eigenvalue weighted by atomic mass is 16.5. The Hall–Kier alpha value is -2.33. The van der Waals surface area contributed by atoms with E-state index in [0.717, 1.165) is 24.3 Å². The van der Waals surface area contributed by atoms with Gasteiger partial charge in [-0.05, 0) is 43.1 Å². The van der Waals surface area contributed by atoms with Gasteiger partial charge in [0.25, 0.3) is 0 Å². The number of methoxy groups -OCH3 is 1. The molecule has 1 atom stereocenters. The number of rotatable bonds is 4. The second-order valence-corrected chi connectivity index (χ2v) is 5.75. The number of piperidine rings is 1. The molecular formula is C19H22N2O2. The van der Waals surface area contributed by atoms with Crippen LogP contribution in [0.2, 0.25) is 0 Å². The number of anilines is 2. The summed E-state index contributed by atoms with van der Waals surface area (Å²) in [7, 11) is 1.40. The third-order valence-electron chi connectivity index (χ3n) is 4.25. The first-order valence-corrected chi connectivity index (χ1v) is 8.06. The number of benzene rings is 2. The van der Waals surface area contributed by atoms with Crippen molar-refractivity contribution >= 4 is 17.3 Å². The van der Waals surface area contributed by atoms with Gasteiger partial charge in [-0.15, -0.1) is 0 Å². The maximum atomic E-state index is 11.9. The van der Waals surface area contributed by atoms with E-state index in [-0.39, 0.29) is 5.97 Å². The van der Waals surface area contributed by atoms with Gasteiger partial charge in [0.2, 0.25) is 0 Å². The Labute approximate surface area is 136 Å². The predicted molar refractivity (Wildman–Crippen MR) is 92.1 cm³/mol. The molecule has 120 valence electrons. The fourth-order valence-corrected chi connectivity index (χ4v) is 3.06. The minimum absolute atomic E-state index is 0.332. The highest BCUT2D eigenvalue weighted by Gasteiger charge is 2.18. The molecule has 1 aliphatic heterocycles. The van der Waals surface area contributed by atoms with E-state index in [0.29, 0.717) is 11.6 Å². The van der Waals surface area contributed by atoms with Gasteiger partial charge in [-0.3, -0.25) is 0 Å². The Morgan fingerprint density at radius 3 is 2.57 bits per heavy atom. The lowest BCUT2D eigenvalue weighted by atomic mass is 9.96. The van der Waals surface area contributed by atoms with E-state index in [9.17, 15) is 4.79 Å². The van der Waals surface area contributed by atoms with Crippen molar-refractivity contribution in [3.05, 3.63) is 59.7 Å². The van der Waals surface area contributed by atoms with Crippen LogP contribution in [0.5, 0.6) is 0 Å². The van der Waals surface area contributed by atoms with E-state index in [1.54, 1.807) is 6.07 Å². The van der Waals surface area contributed by atoms with Crippen LogP contribution in [0.3, 0.4) is 0 Å². The van der Waals surface area contributed by atoms with Gasteiger partial charge in [-0.25, -0.2) is 4.79 Å². The van der Waals surface area contributed by atoms with Gasteiger partial charge in [0.15, 0.2) is 0 Å². The zero-order valence-corrected chi connectivity index (χ0v) is 13.3. The van der Waals surface area contributed by atoms with E-state index in [2.05, 4.69) is 28.8 Å². The number of nitrogens with one attached hydrogen (secondary N) is 2. The second-order valence-electron chi connectivity index (χ2n) is 5.75. The molecule has 0 aliphatic carbocycles. The molecule has 0 bridgehead atoms. The smallest absolute Gasteiger partial charge is 0.339 e. The standard InChI is InChI=1S/C19H22N2O2/c1-23-19(22)15-9-3-5-12-18(15)21-17-11-4-2-8-14(17)16-10-6-7-13-20-16/h2-5,8-9,11-12,16,20-21H,6-7,10,13H2,1H3/t16-/m1/s1. The Morgan fingerprint density at radius 2 is 1.83 bits per heavy atom. The van der Waals surface area contributed by atoms with Gasteiger partial charge in [0, 0.05) is 11.7 Å². The molecular weight excluding hydrogens is 288 g/mol. The van der Waals surface area contributed by atoms with Gasteiger partial charge < -0.3 is 15.4 Å². The summed E-state index contributed by atoms with van der Waals surface area (Å²) in [5.74, 6) is -0.332. The topological polar surface area (TPSA) is 50.4 Å². The van der Waals surface area contributed by atoms with E-state index in [1.165, 1.54) is 25.5 Å². The first kappa shape index (κ1) is 15.6. The second kappa shape index (κ2) is 7.29. The first-order chi connectivity index (χ1) is 11.3. The zero-order valence-electron chi connectivity index (χ0n) is 13.3. The van der Waals surface area contributed by atoms with Gasteiger partial charge in [0.1, 0.15) is 0 Å². The van der Waals surface area contributed by atoms with Crippen molar-refractivity contribution in [3.8, 4) is 0 Å². The van der Waals surface area contributed by atoms with Crippen molar-refractivity contribution in [2.75, 3.05) is 19.0 Å². The van der Waals surface area contributed by atoms with E-state index in [4.69, 9.17) is 4.74 Å². The Morgan fingerprint density at radius 1 is 1.09 bits per heavy atom. The van der Waals surface area contributed by atoms with Crippen LogP contribution < -0.4 is 10.6 Å². The monoisotopic (exact) mass is 310 g/mol. The molecule has 1 aliphatic rings. The number of ether oxygens (including phenoxy) is 1. The maximum absolute atomic E-state index is 11.9. The minimum atomic E-state index is -0.332. The van der Waals surface area contributed by atoms with E-state index < -0.39 is 0 Å². The number of para-hydroxylation sites is 2. The molecule has 4 heteroatoms. The van der Waals surface area contributed by atoms with Crippen molar-refractivity contribution < 1.29 is 9.53 Å². The summed E-state index contributed by atoms with van der Waals surface area (Å²) < 4.78 is 4.87. The van der Waals surface area contributed by atoms with Gasteiger partial charge in [0.05, 0.1) is 18.4 Å². The summed E-state index contributed by atoms with van der Waals surface area (Å²) >= 11 is 0. The Bertz CT molecular complexity index is 679. The van der Waals surface area contributed by atoms with Crippen molar-refractivity contribution in [3.63, 3.8) is 0 Å². The number of hydrogen-bond acceptors (Lipinski definition) is 4. The molecule has 0 aromatic heterocycles. The lowest BCUT2D eigenvalue weighted by molar-refractivity contribution is 0.0602. The van der Waals surface area contributed by atoms with Crippen molar-refractivity contribution in [2.45, 2.75) is 25.3 Å². The SMILES string of the molecule is COC(=O)c1ccccc1Nc1ccccc1[C@H]1CCCCN1. The Kier molecular flexibility index (Phi) is 4.93. The molecule has 0 unspecified atom stereocenters. The van der Waals surface area contributed by atoms with Crippen LogP contribution in [0.1, 0.15) is 41.2 Å². The molecule has 2 aromatic carbocycles. The summed E-state index contributed by atoms with van der Waals surface area (Å²) in [5.41, 5.74) is 3.58. The summed E-state index contributed by atoms with van der Waals surface area (Å²) in [6, 6.07) is 16.1. The highest BCUT2D eigenvalue weighted by Crippen LogP contribution is 2.31. The molecule has 0 amide bonds. The van der Waals surface area contributed by atoms with Crippen LogP contribution in [-0.2, 0) is 4.74 Å². The van der Waals surface area contributed by atoms with Crippen LogP contribution >= 0.6 is 0 Å². The summed E-state index contributed by atoms with van der Waals surface area (Å²) in [4.78, 5) is 11.9. The summed E-state index contributed by atoms with van der Waals surface area (Å²) in [6.45, 7) is 1.05. The van der Waals surface area contributed by atoms with Crippen LogP contribution in [0.15, 0.2) is 48.5 Å². The van der Waals surface area contributed by atoms with Crippen molar-refractivity contribution in [2.24, 2.45) is 0 Å². The predicted octanol–water partition coefficient (Wildman–Crippen LogP) is 4.03. The average molecular weight is 310 g/mol. The highest BCUT2D eigenvalue weighted by molar-refractivity contribution is 5.96. The Balaban J connectivity index is 1.90. The normalized spacial score (nSPS) is 17.5. The molecule has 0 radical (unpaired) electrons. The molecule has 1 fully saturated rings. The first-order valence-electron chi connectivity index (χ1n) is 8.06. The van der Waals surface area contributed by atoms with Gasteiger partial charge in [-0.2, -0.15) is 0 Å².